The predicted octanol–water partition coefficient (Wildman–Crippen LogP) is 3.64. The number of pyridine rings is 1. The van der Waals surface area contributed by atoms with Crippen LogP contribution in [0.3, 0.4) is 0 Å². The SMILES string of the molecule is O=C(Nc1cccc(-c2noc(-c3ccncc3)n2)c1)c1ccco1. The molecule has 0 fully saturated rings. The van der Waals surface area contributed by atoms with Crippen molar-refractivity contribution >= 4 is 11.6 Å². The van der Waals surface area contributed by atoms with Crippen molar-refractivity contribution in [2.45, 2.75) is 0 Å². The van der Waals surface area contributed by atoms with E-state index >= 15 is 0 Å². The fraction of sp³-hybridized carbons (Fsp3) is 0. The van der Waals surface area contributed by atoms with Gasteiger partial charge in [0, 0.05) is 29.2 Å². The zero-order chi connectivity index (χ0) is 17.1. The summed E-state index contributed by atoms with van der Waals surface area (Å²) in [5.74, 6) is 0.751. The van der Waals surface area contributed by atoms with Gasteiger partial charge >= 0.3 is 0 Å². The highest BCUT2D eigenvalue weighted by Crippen LogP contribution is 2.24. The lowest BCUT2D eigenvalue weighted by molar-refractivity contribution is 0.0996. The molecule has 3 heterocycles. The van der Waals surface area contributed by atoms with Crippen molar-refractivity contribution in [3.05, 3.63) is 72.9 Å². The predicted molar refractivity (Wildman–Crippen MR) is 89.6 cm³/mol. The second-order valence-corrected chi connectivity index (χ2v) is 5.17. The molecule has 7 heteroatoms. The summed E-state index contributed by atoms with van der Waals surface area (Å²) >= 11 is 0. The van der Waals surface area contributed by atoms with Crippen LogP contribution < -0.4 is 5.32 Å². The third-order valence-electron chi connectivity index (χ3n) is 3.48. The summed E-state index contributed by atoms with van der Waals surface area (Å²) in [7, 11) is 0. The summed E-state index contributed by atoms with van der Waals surface area (Å²) < 4.78 is 10.4. The highest BCUT2D eigenvalue weighted by molar-refractivity contribution is 6.02. The van der Waals surface area contributed by atoms with Crippen LogP contribution in [0.1, 0.15) is 10.6 Å². The Labute approximate surface area is 142 Å². The maximum absolute atomic E-state index is 12.1. The molecular formula is C18H12N4O3. The van der Waals surface area contributed by atoms with Crippen LogP contribution in [0.25, 0.3) is 22.8 Å². The number of rotatable bonds is 4. The van der Waals surface area contributed by atoms with E-state index in [0.29, 0.717) is 17.4 Å². The fourth-order valence-electron chi connectivity index (χ4n) is 2.29. The first-order valence-corrected chi connectivity index (χ1v) is 7.49. The molecule has 4 aromatic rings. The van der Waals surface area contributed by atoms with Gasteiger partial charge in [-0.2, -0.15) is 4.98 Å². The Kier molecular flexibility index (Phi) is 3.80. The van der Waals surface area contributed by atoms with E-state index in [2.05, 4.69) is 20.4 Å². The largest absolute Gasteiger partial charge is 0.459 e. The molecule has 0 aliphatic carbocycles. The van der Waals surface area contributed by atoms with E-state index in [1.54, 1.807) is 54.9 Å². The highest BCUT2D eigenvalue weighted by atomic mass is 16.5. The van der Waals surface area contributed by atoms with E-state index in [0.717, 1.165) is 11.1 Å². The molecule has 0 aliphatic heterocycles. The number of amides is 1. The van der Waals surface area contributed by atoms with Gasteiger partial charge in [-0.15, -0.1) is 0 Å². The van der Waals surface area contributed by atoms with Crippen molar-refractivity contribution in [1.29, 1.82) is 0 Å². The van der Waals surface area contributed by atoms with Crippen LogP contribution in [0.2, 0.25) is 0 Å². The summed E-state index contributed by atoms with van der Waals surface area (Å²) in [6, 6.07) is 14.0. The molecule has 1 N–H and O–H groups in total. The monoisotopic (exact) mass is 332 g/mol. The van der Waals surface area contributed by atoms with Crippen LogP contribution in [-0.2, 0) is 0 Å². The van der Waals surface area contributed by atoms with Crippen LogP contribution in [0.15, 0.2) is 76.1 Å². The van der Waals surface area contributed by atoms with Gasteiger partial charge in [-0.3, -0.25) is 9.78 Å². The number of aromatic nitrogens is 3. The number of nitrogens with zero attached hydrogens (tertiary/aromatic N) is 3. The van der Waals surface area contributed by atoms with Crippen LogP contribution in [0, 0.1) is 0 Å². The lowest BCUT2D eigenvalue weighted by atomic mass is 10.2. The van der Waals surface area contributed by atoms with Crippen molar-refractivity contribution in [2.24, 2.45) is 0 Å². The molecule has 0 saturated carbocycles. The number of anilines is 1. The standard InChI is InChI=1S/C18H12N4O3/c23-17(15-5-2-10-24-15)20-14-4-1-3-13(11-14)16-21-18(25-22-16)12-6-8-19-9-7-12/h1-11H,(H,20,23). The molecule has 0 atom stereocenters. The lowest BCUT2D eigenvalue weighted by Crippen LogP contribution is -2.10. The van der Waals surface area contributed by atoms with Crippen molar-refractivity contribution in [1.82, 2.24) is 15.1 Å². The molecule has 25 heavy (non-hydrogen) atoms. The van der Waals surface area contributed by atoms with E-state index in [1.165, 1.54) is 6.26 Å². The topological polar surface area (TPSA) is 94.1 Å². The minimum atomic E-state index is -0.326. The van der Waals surface area contributed by atoms with Crippen LogP contribution in [0.5, 0.6) is 0 Å². The molecule has 1 aromatic carbocycles. The van der Waals surface area contributed by atoms with Crippen molar-refractivity contribution in [3.63, 3.8) is 0 Å². The zero-order valence-electron chi connectivity index (χ0n) is 12.9. The summed E-state index contributed by atoms with van der Waals surface area (Å²) in [5, 5.41) is 6.76. The number of hydrogen-bond donors (Lipinski definition) is 1. The van der Waals surface area contributed by atoms with Gasteiger partial charge in [0.1, 0.15) is 0 Å². The van der Waals surface area contributed by atoms with Gasteiger partial charge in [-0.05, 0) is 36.4 Å². The molecule has 0 unspecified atom stereocenters. The van der Waals surface area contributed by atoms with Gasteiger partial charge in [0.25, 0.3) is 11.8 Å². The normalized spacial score (nSPS) is 10.6. The number of carbonyl (C=O) groups excluding carboxylic acids is 1. The Morgan fingerprint density at radius 3 is 2.68 bits per heavy atom. The number of carbonyl (C=O) groups is 1. The maximum Gasteiger partial charge on any atom is 0.291 e. The van der Waals surface area contributed by atoms with Crippen molar-refractivity contribution in [3.8, 4) is 22.8 Å². The zero-order valence-corrected chi connectivity index (χ0v) is 12.9. The molecular weight excluding hydrogens is 320 g/mol. The Morgan fingerprint density at radius 1 is 1.00 bits per heavy atom. The minimum Gasteiger partial charge on any atom is -0.459 e. The van der Waals surface area contributed by atoms with E-state index < -0.39 is 0 Å². The van der Waals surface area contributed by atoms with Crippen LogP contribution in [0.4, 0.5) is 5.69 Å². The Bertz CT molecular complexity index is 994. The molecule has 4 rings (SSSR count). The third kappa shape index (κ3) is 3.16. The highest BCUT2D eigenvalue weighted by Gasteiger charge is 2.12. The van der Waals surface area contributed by atoms with E-state index in [-0.39, 0.29) is 11.7 Å². The minimum absolute atomic E-state index is 0.241. The first-order valence-electron chi connectivity index (χ1n) is 7.49. The van der Waals surface area contributed by atoms with Gasteiger partial charge < -0.3 is 14.3 Å². The van der Waals surface area contributed by atoms with Crippen LogP contribution in [-0.4, -0.2) is 21.0 Å². The fourth-order valence-corrected chi connectivity index (χ4v) is 2.29. The van der Waals surface area contributed by atoms with Gasteiger partial charge in [0.15, 0.2) is 5.76 Å². The van der Waals surface area contributed by atoms with Crippen molar-refractivity contribution in [2.75, 3.05) is 5.32 Å². The number of benzene rings is 1. The number of nitrogens with one attached hydrogen (secondary N) is 1. The molecule has 1 amide bonds. The first kappa shape index (κ1) is 14.8. The second kappa shape index (κ2) is 6.40. The maximum atomic E-state index is 12.1. The van der Waals surface area contributed by atoms with E-state index in [1.807, 2.05) is 6.07 Å². The molecule has 0 radical (unpaired) electrons. The Morgan fingerprint density at radius 2 is 1.88 bits per heavy atom. The number of furan rings is 1. The summed E-state index contributed by atoms with van der Waals surface area (Å²) in [4.78, 5) is 20.4. The van der Waals surface area contributed by atoms with Gasteiger partial charge in [0.2, 0.25) is 5.82 Å². The quantitative estimate of drug-likeness (QED) is 0.613. The molecule has 122 valence electrons. The van der Waals surface area contributed by atoms with Crippen LogP contribution >= 0.6 is 0 Å². The third-order valence-corrected chi connectivity index (χ3v) is 3.48. The van der Waals surface area contributed by atoms with Gasteiger partial charge in [0.05, 0.1) is 6.26 Å². The Balaban J connectivity index is 1.58. The average Bonchev–Trinajstić information content (AvgIpc) is 3.35. The Hall–Kier alpha value is -3.74. The average molecular weight is 332 g/mol. The van der Waals surface area contributed by atoms with Gasteiger partial charge in [-0.25, -0.2) is 0 Å². The summed E-state index contributed by atoms with van der Waals surface area (Å²) in [6.45, 7) is 0. The number of hydrogen-bond acceptors (Lipinski definition) is 6. The molecule has 0 bridgehead atoms. The molecule has 0 aliphatic rings. The van der Waals surface area contributed by atoms with Crippen molar-refractivity contribution < 1.29 is 13.7 Å². The molecule has 0 saturated heterocycles. The first-order chi connectivity index (χ1) is 12.3. The molecule has 7 nitrogen and oxygen atoms in total. The second-order valence-electron chi connectivity index (χ2n) is 5.17. The van der Waals surface area contributed by atoms with E-state index in [9.17, 15) is 4.79 Å². The van der Waals surface area contributed by atoms with Gasteiger partial charge in [-0.1, -0.05) is 17.3 Å². The lowest BCUT2D eigenvalue weighted by Gasteiger charge is -2.04. The molecule has 3 aromatic heterocycles. The van der Waals surface area contributed by atoms with E-state index in [4.69, 9.17) is 8.94 Å². The summed E-state index contributed by atoms with van der Waals surface area (Å²) in [5.41, 5.74) is 2.12. The summed E-state index contributed by atoms with van der Waals surface area (Å²) in [6.07, 6.45) is 4.76. The smallest absolute Gasteiger partial charge is 0.291 e. The molecule has 0 spiro atoms.